The van der Waals surface area contributed by atoms with Gasteiger partial charge in [0.15, 0.2) is 0 Å². The summed E-state index contributed by atoms with van der Waals surface area (Å²) < 4.78 is 28.1. The average Bonchev–Trinajstić information content (AvgIpc) is 2.30. The molecule has 112 valence electrons. The molecule has 1 aromatic rings. The maximum Gasteiger partial charge on any atom is 0.322 e. The second kappa shape index (κ2) is 6.09. The van der Waals surface area contributed by atoms with Crippen molar-refractivity contribution in [3.05, 3.63) is 5.28 Å². The molecule has 7 nitrogen and oxygen atoms in total. The van der Waals surface area contributed by atoms with Gasteiger partial charge in [0.2, 0.25) is 11.2 Å². The van der Waals surface area contributed by atoms with Gasteiger partial charge in [0.05, 0.1) is 17.6 Å². The van der Waals surface area contributed by atoms with E-state index in [1.807, 2.05) is 13.8 Å². The molecule has 1 N–H and O–H groups in total. The number of hydrogen-bond acceptors (Lipinski definition) is 7. The minimum Gasteiger partial charge on any atom is -0.461 e. The first kappa shape index (κ1) is 15.2. The van der Waals surface area contributed by atoms with Crippen LogP contribution in [0.25, 0.3) is 0 Å². The Balaban J connectivity index is 2.04. The van der Waals surface area contributed by atoms with E-state index in [1.165, 1.54) is 0 Å². The largest absolute Gasteiger partial charge is 0.461 e. The first-order valence-corrected chi connectivity index (χ1v) is 8.59. The summed E-state index contributed by atoms with van der Waals surface area (Å²) in [6.07, 6.45) is 0.999. The standard InChI is InChI=1S/C11H17ClN4O3S/c1-7(2)19-11-15-9(12)14-10(16-11)13-8-3-5-20(17,18)6-4-8/h7-8H,3-6H2,1-2H3,(H,13,14,15,16). The van der Waals surface area contributed by atoms with Crippen molar-refractivity contribution in [1.82, 2.24) is 15.0 Å². The number of rotatable bonds is 4. The third-order valence-corrected chi connectivity index (χ3v) is 4.70. The van der Waals surface area contributed by atoms with Crippen LogP contribution in [-0.4, -0.2) is 47.0 Å². The van der Waals surface area contributed by atoms with Crippen LogP contribution in [0.5, 0.6) is 6.01 Å². The van der Waals surface area contributed by atoms with E-state index in [-0.39, 0.29) is 34.9 Å². The molecule has 0 amide bonds. The molecule has 0 bridgehead atoms. The Morgan fingerprint density at radius 1 is 1.25 bits per heavy atom. The van der Waals surface area contributed by atoms with Gasteiger partial charge in [0, 0.05) is 6.04 Å². The highest BCUT2D eigenvalue weighted by molar-refractivity contribution is 7.91. The van der Waals surface area contributed by atoms with Gasteiger partial charge < -0.3 is 10.1 Å². The molecule has 1 fully saturated rings. The fraction of sp³-hybridized carbons (Fsp3) is 0.727. The summed E-state index contributed by atoms with van der Waals surface area (Å²) in [4.78, 5) is 12.0. The molecule has 0 aliphatic carbocycles. The van der Waals surface area contributed by atoms with Gasteiger partial charge in [-0.1, -0.05) is 0 Å². The van der Waals surface area contributed by atoms with Gasteiger partial charge in [-0.3, -0.25) is 0 Å². The van der Waals surface area contributed by atoms with E-state index in [0.29, 0.717) is 18.8 Å². The molecule has 0 atom stereocenters. The van der Waals surface area contributed by atoms with Crippen LogP contribution < -0.4 is 10.1 Å². The lowest BCUT2D eigenvalue weighted by atomic mass is 10.2. The highest BCUT2D eigenvalue weighted by atomic mass is 35.5. The lowest BCUT2D eigenvalue weighted by molar-refractivity contribution is 0.222. The molecule has 1 aromatic heterocycles. The van der Waals surface area contributed by atoms with E-state index in [4.69, 9.17) is 16.3 Å². The maximum absolute atomic E-state index is 11.4. The highest BCUT2D eigenvalue weighted by Crippen LogP contribution is 2.18. The first-order valence-electron chi connectivity index (χ1n) is 6.39. The summed E-state index contributed by atoms with van der Waals surface area (Å²) >= 11 is 5.82. The van der Waals surface area contributed by atoms with Gasteiger partial charge in [-0.05, 0) is 38.3 Å². The quantitative estimate of drug-likeness (QED) is 0.893. The molecule has 1 aliphatic heterocycles. The van der Waals surface area contributed by atoms with Crippen LogP contribution >= 0.6 is 11.6 Å². The van der Waals surface area contributed by atoms with Gasteiger partial charge in [0.25, 0.3) is 0 Å². The number of aromatic nitrogens is 3. The van der Waals surface area contributed by atoms with Crippen LogP contribution in [0.1, 0.15) is 26.7 Å². The van der Waals surface area contributed by atoms with E-state index in [2.05, 4.69) is 20.3 Å². The number of hydrogen-bond donors (Lipinski definition) is 1. The van der Waals surface area contributed by atoms with Crippen molar-refractivity contribution in [2.75, 3.05) is 16.8 Å². The molecular weight excluding hydrogens is 304 g/mol. The first-order chi connectivity index (χ1) is 9.34. The Morgan fingerprint density at radius 3 is 2.50 bits per heavy atom. The molecule has 0 spiro atoms. The third kappa shape index (κ3) is 4.45. The summed E-state index contributed by atoms with van der Waals surface area (Å²) in [5.74, 6) is 0.669. The number of ether oxygens (including phenoxy) is 1. The molecule has 0 saturated carbocycles. The summed E-state index contributed by atoms with van der Waals surface area (Å²) in [6.45, 7) is 3.72. The summed E-state index contributed by atoms with van der Waals surface area (Å²) in [5.41, 5.74) is 0. The van der Waals surface area contributed by atoms with E-state index >= 15 is 0 Å². The zero-order valence-corrected chi connectivity index (χ0v) is 12.9. The predicted octanol–water partition coefficient (Wildman–Crippen LogP) is 1.30. The molecule has 20 heavy (non-hydrogen) atoms. The van der Waals surface area contributed by atoms with Gasteiger partial charge in [-0.25, -0.2) is 8.42 Å². The van der Waals surface area contributed by atoms with Crippen LogP contribution in [-0.2, 0) is 9.84 Å². The van der Waals surface area contributed by atoms with E-state index in [0.717, 1.165) is 0 Å². The lowest BCUT2D eigenvalue weighted by Gasteiger charge is -2.23. The van der Waals surface area contributed by atoms with Crippen LogP contribution in [0.3, 0.4) is 0 Å². The smallest absolute Gasteiger partial charge is 0.322 e. The van der Waals surface area contributed by atoms with Crippen molar-refractivity contribution in [3.63, 3.8) is 0 Å². The third-order valence-electron chi connectivity index (χ3n) is 2.82. The van der Waals surface area contributed by atoms with Gasteiger partial charge >= 0.3 is 6.01 Å². The van der Waals surface area contributed by atoms with E-state index in [1.54, 1.807) is 0 Å². The summed E-state index contributed by atoms with van der Waals surface area (Å²) in [5, 5.41) is 3.13. The Kier molecular flexibility index (Phi) is 4.64. The van der Waals surface area contributed by atoms with Gasteiger partial charge in [-0.2, -0.15) is 15.0 Å². The SMILES string of the molecule is CC(C)Oc1nc(Cl)nc(NC2CCS(=O)(=O)CC2)n1. The molecule has 9 heteroatoms. The fourth-order valence-corrected chi connectivity index (χ4v) is 3.52. The summed E-state index contributed by atoms with van der Waals surface area (Å²) in [6, 6.07) is 0.176. The minimum atomic E-state index is -2.88. The van der Waals surface area contributed by atoms with Crippen LogP contribution in [0.2, 0.25) is 5.28 Å². The Hall–Kier alpha value is -1.15. The average molecular weight is 321 g/mol. The molecule has 0 unspecified atom stereocenters. The maximum atomic E-state index is 11.4. The van der Waals surface area contributed by atoms with Crippen molar-refractivity contribution >= 4 is 27.4 Å². The highest BCUT2D eigenvalue weighted by Gasteiger charge is 2.24. The number of halogens is 1. The van der Waals surface area contributed by atoms with Crippen LogP contribution in [0.4, 0.5) is 5.95 Å². The van der Waals surface area contributed by atoms with Crippen molar-refractivity contribution in [2.45, 2.75) is 38.8 Å². The molecule has 1 aliphatic rings. The molecule has 1 saturated heterocycles. The second-order valence-electron chi connectivity index (χ2n) is 4.95. The normalized spacial score (nSPS) is 19.0. The Morgan fingerprint density at radius 2 is 1.90 bits per heavy atom. The van der Waals surface area contributed by atoms with Crippen molar-refractivity contribution < 1.29 is 13.2 Å². The fourth-order valence-electron chi connectivity index (χ4n) is 1.88. The van der Waals surface area contributed by atoms with Crippen molar-refractivity contribution in [2.24, 2.45) is 0 Å². The molecular formula is C11H17ClN4O3S. The topological polar surface area (TPSA) is 94.1 Å². The monoisotopic (exact) mass is 320 g/mol. The predicted molar refractivity (Wildman–Crippen MR) is 75.9 cm³/mol. The molecule has 0 radical (unpaired) electrons. The second-order valence-corrected chi connectivity index (χ2v) is 7.59. The van der Waals surface area contributed by atoms with Gasteiger partial charge in [-0.15, -0.1) is 0 Å². The van der Waals surface area contributed by atoms with Crippen LogP contribution in [0, 0.1) is 0 Å². The number of nitrogens with zero attached hydrogens (tertiary/aromatic N) is 3. The molecule has 2 rings (SSSR count). The molecule has 0 aromatic carbocycles. The minimum absolute atomic E-state index is 0.0175. The Bertz CT molecular complexity index is 565. The lowest BCUT2D eigenvalue weighted by Crippen LogP contribution is -2.32. The summed E-state index contributed by atoms with van der Waals surface area (Å²) in [7, 11) is -2.88. The molecule has 2 heterocycles. The number of nitrogens with one attached hydrogen (secondary N) is 1. The van der Waals surface area contributed by atoms with Crippen molar-refractivity contribution in [1.29, 1.82) is 0 Å². The van der Waals surface area contributed by atoms with E-state index < -0.39 is 9.84 Å². The Labute approximate surface area is 123 Å². The zero-order chi connectivity index (χ0) is 14.8. The van der Waals surface area contributed by atoms with E-state index in [9.17, 15) is 8.42 Å². The number of sulfone groups is 1. The number of anilines is 1. The zero-order valence-electron chi connectivity index (χ0n) is 11.3. The van der Waals surface area contributed by atoms with Crippen molar-refractivity contribution in [3.8, 4) is 6.01 Å². The van der Waals surface area contributed by atoms with Gasteiger partial charge in [0.1, 0.15) is 9.84 Å². The van der Waals surface area contributed by atoms with Crippen LogP contribution in [0.15, 0.2) is 0 Å².